The predicted molar refractivity (Wildman–Crippen MR) is 64.3 cm³/mol. The Labute approximate surface area is 97.3 Å². The molecule has 0 radical (unpaired) electrons. The molecule has 1 aromatic carbocycles. The number of anilines is 1. The fourth-order valence-corrected chi connectivity index (χ4v) is 1.71. The molecule has 0 unspecified atom stereocenters. The number of rotatable bonds is 3. The van der Waals surface area contributed by atoms with Crippen LogP contribution < -0.4 is 10.1 Å². The van der Waals surface area contributed by atoms with Crippen LogP contribution in [0.2, 0.25) is 0 Å². The van der Waals surface area contributed by atoms with Gasteiger partial charge in [-0.05, 0) is 40.6 Å². The van der Waals surface area contributed by atoms with Crippen LogP contribution in [0.1, 0.15) is 5.56 Å². The van der Waals surface area contributed by atoms with Gasteiger partial charge in [-0.2, -0.15) is 0 Å². The molecule has 0 bridgehead atoms. The number of hydrogen-bond donors (Lipinski definition) is 1. The van der Waals surface area contributed by atoms with Crippen molar-refractivity contribution in [3.05, 3.63) is 34.8 Å². The van der Waals surface area contributed by atoms with Crippen molar-refractivity contribution >= 4 is 27.5 Å². The highest BCUT2D eigenvalue weighted by molar-refractivity contribution is 9.10. The van der Waals surface area contributed by atoms with E-state index in [1.807, 2.05) is 13.0 Å². The van der Waals surface area contributed by atoms with Crippen LogP contribution >= 0.6 is 15.9 Å². The first kappa shape index (κ1) is 11.8. The molecule has 0 aromatic heterocycles. The monoisotopic (exact) mass is 269 g/mol. The van der Waals surface area contributed by atoms with Crippen molar-refractivity contribution in [3.63, 3.8) is 0 Å². The molecule has 0 spiro atoms. The number of ether oxygens (including phenoxy) is 1. The molecule has 3 nitrogen and oxygen atoms in total. The molecular formula is C11H12BrNO2. The third-order valence-corrected chi connectivity index (χ3v) is 2.58. The molecular weight excluding hydrogens is 258 g/mol. The van der Waals surface area contributed by atoms with Crippen molar-refractivity contribution in [1.82, 2.24) is 0 Å². The summed E-state index contributed by atoms with van der Waals surface area (Å²) in [6.45, 7) is 5.32. The van der Waals surface area contributed by atoms with Crippen LogP contribution in [-0.2, 0) is 4.79 Å². The van der Waals surface area contributed by atoms with Crippen molar-refractivity contribution in [1.29, 1.82) is 0 Å². The summed E-state index contributed by atoms with van der Waals surface area (Å²) >= 11 is 3.36. The zero-order chi connectivity index (χ0) is 11.4. The Balaban J connectivity index is 3.07. The van der Waals surface area contributed by atoms with Gasteiger partial charge in [0, 0.05) is 10.5 Å². The van der Waals surface area contributed by atoms with Crippen LogP contribution in [0.4, 0.5) is 5.69 Å². The number of benzene rings is 1. The van der Waals surface area contributed by atoms with E-state index in [1.165, 1.54) is 6.08 Å². The lowest BCUT2D eigenvalue weighted by Crippen LogP contribution is -2.08. The fraction of sp³-hybridized carbons (Fsp3) is 0.182. The minimum atomic E-state index is -0.249. The lowest BCUT2D eigenvalue weighted by atomic mass is 10.2. The Morgan fingerprint density at radius 2 is 2.27 bits per heavy atom. The van der Waals surface area contributed by atoms with E-state index >= 15 is 0 Å². The molecule has 0 atom stereocenters. The van der Waals surface area contributed by atoms with Gasteiger partial charge in [0.05, 0.1) is 12.8 Å². The molecule has 0 heterocycles. The van der Waals surface area contributed by atoms with Crippen LogP contribution in [0.15, 0.2) is 29.3 Å². The van der Waals surface area contributed by atoms with Gasteiger partial charge in [0.1, 0.15) is 5.75 Å². The number of aryl methyl sites for hydroxylation is 1. The van der Waals surface area contributed by atoms with Crippen molar-refractivity contribution in [2.24, 2.45) is 0 Å². The van der Waals surface area contributed by atoms with Gasteiger partial charge in [-0.1, -0.05) is 6.58 Å². The lowest BCUT2D eigenvalue weighted by molar-refractivity contribution is -0.111. The minimum absolute atomic E-state index is 0.249. The molecule has 0 aliphatic heterocycles. The van der Waals surface area contributed by atoms with E-state index in [0.29, 0.717) is 5.69 Å². The molecule has 0 aliphatic rings. The van der Waals surface area contributed by atoms with E-state index in [-0.39, 0.29) is 5.91 Å². The second-order valence-corrected chi connectivity index (χ2v) is 3.85. The zero-order valence-electron chi connectivity index (χ0n) is 8.63. The SMILES string of the molecule is C=CC(=O)Nc1cc(OC)c(C)cc1Br. The first-order valence-corrected chi connectivity index (χ1v) is 5.15. The predicted octanol–water partition coefficient (Wildman–Crippen LogP) is 2.89. The zero-order valence-corrected chi connectivity index (χ0v) is 10.2. The lowest BCUT2D eigenvalue weighted by Gasteiger charge is -2.10. The van der Waals surface area contributed by atoms with Crippen molar-refractivity contribution < 1.29 is 9.53 Å². The van der Waals surface area contributed by atoms with Crippen molar-refractivity contribution in [2.75, 3.05) is 12.4 Å². The first-order valence-electron chi connectivity index (χ1n) is 4.36. The molecule has 1 rings (SSSR count). The van der Waals surface area contributed by atoms with E-state index < -0.39 is 0 Å². The van der Waals surface area contributed by atoms with Gasteiger partial charge in [0.25, 0.3) is 0 Å². The summed E-state index contributed by atoms with van der Waals surface area (Å²) in [7, 11) is 1.59. The highest BCUT2D eigenvalue weighted by Gasteiger charge is 2.07. The Morgan fingerprint density at radius 1 is 1.60 bits per heavy atom. The molecule has 15 heavy (non-hydrogen) atoms. The molecule has 4 heteroatoms. The highest BCUT2D eigenvalue weighted by atomic mass is 79.9. The highest BCUT2D eigenvalue weighted by Crippen LogP contribution is 2.30. The Hall–Kier alpha value is -1.29. The number of halogens is 1. The number of hydrogen-bond acceptors (Lipinski definition) is 2. The average molecular weight is 270 g/mol. The minimum Gasteiger partial charge on any atom is -0.496 e. The Morgan fingerprint density at radius 3 is 2.80 bits per heavy atom. The van der Waals surface area contributed by atoms with Gasteiger partial charge in [0.15, 0.2) is 0 Å². The fourth-order valence-electron chi connectivity index (χ4n) is 1.15. The molecule has 1 amide bonds. The summed E-state index contributed by atoms with van der Waals surface area (Å²) in [5.41, 5.74) is 1.67. The van der Waals surface area contributed by atoms with Crippen LogP contribution in [0, 0.1) is 6.92 Å². The van der Waals surface area contributed by atoms with E-state index in [9.17, 15) is 4.79 Å². The quantitative estimate of drug-likeness (QED) is 0.857. The largest absolute Gasteiger partial charge is 0.496 e. The summed E-state index contributed by atoms with van der Waals surface area (Å²) in [5, 5.41) is 2.68. The standard InChI is InChI=1S/C11H12BrNO2/c1-4-11(14)13-9-6-10(15-3)7(2)5-8(9)12/h4-6H,1H2,2-3H3,(H,13,14). The average Bonchev–Trinajstić information content (AvgIpc) is 2.21. The van der Waals surface area contributed by atoms with Gasteiger partial charge in [-0.3, -0.25) is 4.79 Å². The van der Waals surface area contributed by atoms with E-state index in [4.69, 9.17) is 4.74 Å². The van der Waals surface area contributed by atoms with Gasteiger partial charge in [-0.25, -0.2) is 0 Å². The second-order valence-electron chi connectivity index (χ2n) is 3.00. The third-order valence-electron chi connectivity index (χ3n) is 1.93. The van der Waals surface area contributed by atoms with Crippen LogP contribution in [-0.4, -0.2) is 13.0 Å². The van der Waals surface area contributed by atoms with Gasteiger partial charge >= 0.3 is 0 Å². The van der Waals surface area contributed by atoms with Crippen LogP contribution in [0.3, 0.4) is 0 Å². The summed E-state index contributed by atoms with van der Waals surface area (Å²) in [6, 6.07) is 3.65. The molecule has 1 N–H and O–H groups in total. The molecule has 80 valence electrons. The Bertz CT molecular complexity index is 402. The maximum atomic E-state index is 11.1. The van der Waals surface area contributed by atoms with Crippen molar-refractivity contribution in [3.8, 4) is 5.75 Å². The number of amides is 1. The molecule has 0 aliphatic carbocycles. The summed E-state index contributed by atoms with van der Waals surface area (Å²) in [4.78, 5) is 11.1. The van der Waals surface area contributed by atoms with Crippen LogP contribution in [0.5, 0.6) is 5.75 Å². The molecule has 0 fully saturated rings. The maximum absolute atomic E-state index is 11.1. The van der Waals surface area contributed by atoms with E-state index in [0.717, 1.165) is 15.8 Å². The summed E-state index contributed by atoms with van der Waals surface area (Å²) < 4.78 is 5.97. The second kappa shape index (κ2) is 4.98. The van der Waals surface area contributed by atoms with E-state index in [1.54, 1.807) is 13.2 Å². The van der Waals surface area contributed by atoms with Crippen molar-refractivity contribution in [2.45, 2.75) is 6.92 Å². The Kier molecular flexibility index (Phi) is 3.91. The van der Waals surface area contributed by atoms with Gasteiger partial charge in [0.2, 0.25) is 5.91 Å². The molecule has 1 aromatic rings. The molecule has 0 saturated carbocycles. The number of nitrogens with one attached hydrogen (secondary N) is 1. The maximum Gasteiger partial charge on any atom is 0.247 e. The number of methoxy groups -OCH3 is 1. The number of carbonyl (C=O) groups is 1. The van der Waals surface area contributed by atoms with Gasteiger partial charge < -0.3 is 10.1 Å². The smallest absolute Gasteiger partial charge is 0.247 e. The third kappa shape index (κ3) is 2.83. The van der Waals surface area contributed by atoms with Crippen LogP contribution in [0.25, 0.3) is 0 Å². The first-order chi connectivity index (χ1) is 7.08. The van der Waals surface area contributed by atoms with Gasteiger partial charge in [-0.15, -0.1) is 0 Å². The number of carbonyl (C=O) groups excluding carboxylic acids is 1. The van der Waals surface area contributed by atoms with E-state index in [2.05, 4.69) is 27.8 Å². The topological polar surface area (TPSA) is 38.3 Å². The molecule has 0 saturated heterocycles. The normalized spacial score (nSPS) is 9.53. The summed E-state index contributed by atoms with van der Waals surface area (Å²) in [5.74, 6) is 0.485. The summed E-state index contributed by atoms with van der Waals surface area (Å²) in [6.07, 6.45) is 1.22.